The van der Waals surface area contributed by atoms with E-state index in [9.17, 15) is 14.4 Å². The predicted octanol–water partition coefficient (Wildman–Crippen LogP) is 2.65. The van der Waals surface area contributed by atoms with Gasteiger partial charge in [-0.3, -0.25) is 4.79 Å². The molecule has 0 aliphatic heterocycles. The number of fused-ring (bicyclic) bond motifs is 3. The number of amides is 2. The van der Waals surface area contributed by atoms with Crippen LogP contribution in [0.25, 0.3) is 11.1 Å². The summed E-state index contributed by atoms with van der Waals surface area (Å²) in [5.41, 5.74) is 4.60. The summed E-state index contributed by atoms with van der Waals surface area (Å²) < 4.78 is 5.57. The van der Waals surface area contributed by atoms with Crippen molar-refractivity contribution >= 4 is 18.0 Å². The number of alkyl carbamates (subject to hydrolysis) is 1. The average molecular weight is 453 g/mol. The third-order valence-electron chi connectivity index (χ3n) is 6.50. The topological polar surface area (TPSA) is 125 Å². The number of aliphatic hydroxyl groups is 1. The molecular formula is C25H28N2O6. The maximum atomic E-state index is 12.5. The second-order valence-corrected chi connectivity index (χ2v) is 8.59. The van der Waals surface area contributed by atoms with Crippen LogP contribution in [0.3, 0.4) is 0 Å². The SMILES string of the molecule is O=C(N[C@H]1CC[C@@H](C(=O)N[C@@H](CCO)C(=O)O)C1)OCC1c2ccccc2-c2ccccc21. The summed E-state index contributed by atoms with van der Waals surface area (Å²) in [7, 11) is 0. The Hall–Kier alpha value is -3.39. The zero-order chi connectivity index (χ0) is 23.4. The van der Waals surface area contributed by atoms with E-state index in [4.69, 9.17) is 14.9 Å². The average Bonchev–Trinajstić information content (AvgIpc) is 3.40. The van der Waals surface area contributed by atoms with E-state index in [1.165, 1.54) is 0 Å². The number of ether oxygens (including phenoxy) is 1. The number of aliphatic hydroxyl groups excluding tert-OH is 1. The number of benzene rings is 2. The highest BCUT2D eigenvalue weighted by Crippen LogP contribution is 2.44. The smallest absolute Gasteiger partial charge is 0.407 e. The second kappa shape index (κ2) is 10.0. The molecule has 2 aromatic carbocycles. The highest BCUT2D eigenvalue weighted by Gasteiger charge is 2.34. The highest BCUT2D eigenvalue weighted by atomic mass is 16.5. The Morgan fingerprint density at radius 1 is 1.00 bits per heavy atom. The van der Waals surface area contributed by atoms with E-state index in [0.717, 1.165) is 22.3 Å². The number of nitrogens with one attached hydrogen (secondary N) is 2. The molecule has 4 N–H and O–H groups in total. The van der Waals surface area contributed by atoms with Crippen molar-refractivity contribution in [3.05, 3.63) is 59.7 Å². The maximum absolute atomic E-state index is 12.5. The predicted molar refractivity (Wildman–Crippen MR) is 121 cm³/mol. The van der Waals surface area contributed by atoms with Crippen LogP contribution < -0.4 is 10.6 Å². The van der Waals surface area contributed by atoms with Gasteiger partial charge >= 0.3 is 12.1 Å². The van der Waals surface area contributed by atoms with Crippen molar-refractivity contribution in [2.75, 3.05) is 13.2 Å². The monoisotopic (exact) mass is 452 g/mol. The number of hydrogen-bond donors (Lipinski definition) is 4. The van der Waals surface area contributed by atoms with Gasteiger partial charge in [-0.1, -0.05) is 48.5 Å². The molecule has 0 heterocycles. The van der Waals surface area contributed by atoms with Crippen LogP contribution in [0.4, 0.5) is 4.79 Å². The zero-order valence-electron chi connectivity index (χ0n) is 18.2. The van der Waals surface area contributed by atoms with Crippen molar-refractivity contribution in [2.45, 2.75) is 43.7 Å². The molecule has 8 heteroatoms. The van der Waals surface area contributed by atoms with Gasteiger partial charge in [0.1, 0.15) is 12.6 Å². The Labute approximate surface area is 192 Å². The maximum Gasteiger partial charge on any atom is 0.407 e. The molecule has 8 nitrogen and oxygen atoms in total. The van der Waals surface area contributed by atoms with Crippen LogP contribution in [0.15, 0.2) is 48.5 Å². The van der Waals surface area contributed by atoms with Gasteiger partial charge in [0.15, 0.2) is 0 Å². The standard InChI is InChI=1S/C25H28N2O6/c28-12-11-22(24(30)31)27-23(29)15-9-10-16(13-15)26-25(32)33-14-21-19-7-3-1-5-17(19)18-6-2-4-8-20(18)21/h1-8,15-16,21-22,28H,9-14H2,(H,26,32)(H,27,29)(H,30,31)/t15-,16+,22+/m1/s1. The Balaban J connectivity index is 1.29. The van der Waals surface area contributed by atoms with Gasteiger partial charge in [0, 0.05) is 30.9 Å². The van der Waals surface area contributed by atoms with Crippen LogP contribution in [0.2, 0.25) is 0 Å². The largest absolute Gasteiger partial charge is 0.480 e. The van der Waals surface area contributed by atoms with Crippen LogP contribution in [0.1, 0.15) is 42.7 Å². The van der Waals surface area contributed by atoms with Gasteiger partial charge in [-0.15, -0.1) is 0 Å². The fraction of sp³-hybridized carbons (Fsp3) is 0.400. The fourth-order valence-corrected chi connectivity index (χ4v) is 4.83. The van der Waals surface area contributed by atoms with E-state index in [0.29, 0.717) is 19.3 Å². The molecule has 3 atom stereocenters. The minimum absolute atomic E-state index is 0.0234. The summed E-state index contributed by atoms with van der Waals surface area (Å²) in [5.74, 6) is -1.95. The summed E-state index contributed by atoms with van der Waals surface area (Å²) in [6, 6.07) is 14.9. The van der Waals surface area contributed by atoms with Crippen molar-refractivity contribution < 1.29 is 29.3 Å². The normalized spacial score (nSPS) is 19.9. The molecule has 33 heavy (non-hydrogen) atoms. The highest BCUT2D eigenvalue weighted by molar-refractivity contribution is 5.85. The van der Waals surface area contributed by atoms with E-state index in [2.05, 4.69) is 34.9 Å². The molecule has 1 fully saturated rings. The van der Waals surface area contributed by atoms with E-state index >= 15 is 0 Å². The molecule has 0 unspecified atom stereocenters. The second-order valence-electron chi connectivity index (χ2n) is 8.59. The number of carbonyl (C=O) groups is 3. The summed E-state index contributed by atoms with van der Waals surface area (Å²) in [4.78, 5) is 36.1. The van der Waals surface area contributed by atoms with Crippen molar-refractivity contribution in [2.24, 2.45) is 5.92 Å². The number of carboxylic acid groups (broad SMARTS) is 1. The quantitative estimate of drug-likeness (QED) is 0.488. The molecule has 0 bridgehead atoms. The van der Waals surface area contributed by atoms with Gasteiger partial charge < -0.3 is 25.6 Å². The molecule has 0 spiro atoms. The number of carbonyl (C=O) groups excluding carboxylic acids is 2. The molecule has 0 saturated heterocycles. The molecule has 2 aromatic rings. The Kier molecular flexibility index (Phi) is 6.93. The van der Waals surface area contributed by atoms with Crippen molar-refractivity contribution in [3.8, 4) is 11.1 Å². The van der Waals surface area contributed by atoms with Crippen LogP contribution in [-0.2, 0) is 14.3 Å². The number of aliphatic carboxylic acids is 1. The minimum atomic E-state index is -1.18. The first-order valence-corrected chi connectivity index (χ1v) is 11.2. The molecule has 0 radical (unpaired) electrons. The molecule has 4 rings (SSSR count). The van der Waals surface area contributed by atoms with Crippen LogP contribution >= 0.6 is 0 Å². The van der Waals surface area contributed by atoms with Crippen LogP contribution in [-0.4, -0.2) is 53.5 Å². The van der Waals surface area contributed by atoms with E-state index in [1.54, 1.807) is 0 Å². The Morgan fingerprint density at radius 3 is 2.24 bits per heavy atom. The minimum Gasteiger partial charge on any atom is -0.480 e. The van der Waals surface area contributed by atoms with Gasteiger partial charge in [-0.25, -0.2) is 9.59 Å². The molecule has 0 aromatic heterocycles. The van der Waals surface area contributed by atoms with Crippen molar-refractivity contribution in [3.63, 3.8) is 0 Å². The molecule has 174 valence electrons. The molecule has 2 aliphatic rings. The fourth-order valence-electron chi connectivity index (χ4n) is 4.83. The van der Waals surface area contributed by atoms with Gasteiger partial charge in [-0.2, -0.15) is 0 Å². The lowest BCUT2D eigenvalue weighted by Gasteiger charge is -2.18. The third kappa shape index (κ3) is 5.01. The van der Waals surface area contributed by atoms with E-state index in [-0.39, 0.29) is 43.4 Å². The lowest BCUT2D eigenvalue weighted by atomic mass is 9.98. The summed E-state index contributed by atoms with van der Waals surface area (Å²) in [5, 5.41) is 23.4. The Bertz CT molecular complexity index is 994. The van der Waals surface area contributed by atoms with Gasteiger partial charge in [0.05, 0.1) is 0 Å². The zero-order valence-corrected chi connectivity index (χ0v) is 18.2. The van der Waals surface area contributed by atoms with Crippen LogP contribution in [0.5, 0.6) is 0 Å². The van der Waals surface area contributed by atoms with E-state index < -0.39 is 18.1 Å². The van der Waals surface area contributed by atoms with Gasteiger partial charge in [0.2, 0.25) is 5.91 Å². The van der Waals surface area contributed by atoms with E-state index in [1.807, 2.05) is 24.3 Å². The first-order valence-electron chi connectivity index (χ1n) is 11.2. The molecule has 2 amide bonds. The van der Waals surface area contributed by atoms with Crippen LogP contribution in [0, 0.1) is 5.92 Å². The summed E-state index contributed by atoms with van der Waals surface area (Å²) in [6.07, 6.45) is 1.01. The lowest BCUT2D eigenvalue weighted by molar-refractivity contribution is -0.142. The molecule has 1 saturated carbocycles. The number of rotatable bonds is 8. The molecule has 2 aliphatic carbocycles. The van der Waals surface area contributed by atoms with Crippen molar-refractivity contribution in [1.82, 2.24) is 10.6 Å². The summed E-state index contributed by atoms with van der Waals surface area (Å²) in [6.45, 7) is -0.105. The lowest BCUT2D eigenvalue weighted by Crippen LogP contribution is -2.44. The van der Waals surface area contributed by atoms with Gasteiger partial charge in [-0.05, 0) is 41.5 Å². The number of carboxylic acids is 1. The first kappa shape index (κ1) is 22.8. The summed E-state index contributed by atoms with van der Waals surface area (Å²) >= 11 is 0. The third-order valence-corrected chi connectivity index (χ3v) is 6.50. The van der Waals surface area contributed by atoms with Crippen molar-refractivity contribution in [1.29, 1.82) is 0 Å². The molecular weight excluding hydrogens is 424 g/mol. The van der Waals surface area contributed by atoms with Gasteiger partial charge in [0.25, 0.3) is 0 Å². The Morgan fingerprint density at radius 2 is 1.64 bits per heavy atom. The number of hydrogen-bond acceptors (Lipinski definition) is 5. The first-order chi connectivity index (χ1) is 16.0.